The smallest absolute Gasteiger partial charge is 0.261 e. The third-order valence-electron chi connectivity index (χ3n) is 4.27. The van der Waals surface area contributed by atoms with Crippen LogP contribution in [0, 0.1) is 0 Å². The lowest BCUT2D eigenvalue weighted by Crippen LogP contribution is -2.13. The highest BCUT2D eigenvalue weighted by Gasteiger charge is 2.21. The number of ether oxygens (including phenoxy) is 2. The zero-order valence-corrected chi connectivity index (χ0v) is 14.7. The van der Waals surface area contributed by atoms with E-state index in [2.05, 4.69) is 15.5 Å². The summed E-state index contributed by atoms with van der Waals surface area (Å²) in [6.07, 6.45) is 6.11. The molecule has 0 saturated heterocycles. The minimum Gasteiger partial charge on any atom is -0.497 e. The van der Waals surface area contributed by atoms with Crippen molar-refractivity contribution in [1.82, 2.24) is 10.2 Å². The van der Waals surface area contributed by atoms with Gasteiger partial charge in [-0.3, -0.25) is 10.1 Å². The van der Waals surface area contributed by atoms with Gasteiger partial charge in [-0.1, -0.05) is 30.6 Å². The first-order chi connectivity index (χ1) is 11.7. The molecule has 1 amide bonds. The van der Waals surface area contributed by atoms with E-state index in [4.69, 9.17) is 9.47 Å². The monoisotopic (exact) mass is 347 g/mol. The number of benzene rings is 1. The molecule has 1 heterocycles. The maximum atomic E-state index is 12.5. The average Bonchev–Trinajstić information content (AvgIpc) is 3.10. The Balaban J connectivity index is 1.72. The predicted octanol–water partition coefficient (Wildman–Crippen LogP) is 3.86. The van der Waals surface area contributed by atoms with E-state index in [9.17, 15) is 4.79 Å². The summed E-state index contributed by atoms with van der Waals surface area (Å²) < 4.78 is 10.4. The zero-order chi connectivity index (χ0) is 16.9. The van der Waals surface area contributed by atoms with Gasteiger partial charge in [-0.05, 0) is 25.0 Å². The molecule has 1 saturated carbocycles. The summed E-state index contributed by atoms with van der Waals surface area (Å²) in [5, 5.41) is 12.7. The number of hydrogen-bond acceptors (Lipinski definition) is 6. The van der Waals surface area contributed by atoms with Crippen LogP contribution in [0.15, 0.2) is 18.2 Å². The lowest BCUT2D eigenvalue weighted by atomic mass is 9.90. The van der Waals surface area contributed by atoms with Gasteiger partial charge in [0.25, 0.3) is 5.91 Å². The van der Waals surface area contributed by atoms with Crippen molar-refractivity contribution in [3.63, 3.8) is 0 Å². The van der Waals surface area contributed by atoms with Crippen molar-refractivity contribution in [3.8, 4) is 11.5 Å². The lowest BCUT2D eigenvalue weighted by molar-refractivity contribution is 0.102. The van der Waals surface area contributed by atoms with E-state index in [1.54, 1.807) is 25.3 Å². The van der Waals surface area contributed by atoms with E-state index >= 15 is 0 Å². The molecule has 7 heteroatoms. The van der Waals surface area contributed by atoms with Gasteiger partial charge in [0.15, 0.2) is 0 Å². The molecule has 0 aliphatic heterocycles. The fourth-order valence-corrected chi connectivity index (χ4v) is 3.86. The summed E-state index contributed by atoms with van der Waals surface area (Å²) in [5.74, 6) is 1.32. The molecule has 1 aliphatic carbocycles. The molecule has 1 aromatic carbocycles. The van der Waals surface area contributed by atoms with Gasteiger partial charge in [-0.25, -0.2) is 0 Å². The second kappa shape index (κ2) is 7.61. The molecule has 1 aromatic heterocycles. The van der Waals surface area contributed by atoms with Gasteiger partial charge in [-0.2, -0.15) is 0 Å². The minimum absolute atomic E-state index is 0.263. The van der Waals surface area contributed by atoms with E-state index in [-0.39, 0.29) is 5.91 Å². The van der Waals surface area contributed by atoms with E-state index in [1.165, 1.54) is 37.7 Å². The Morgan fingerprint density at radius 3 is 2.67 bits per heavy atom. The molecule has 2 aromatic rings. The van der Waals surface area contributed by atoms with Crippen LogP contribution in [0.1, 0.15) is 53.4 Å². The first kappa shape index (κ1) is 16.7. The SMILES string of the molecule is COc1ccc(C(=O)Nc2nnc(C3CCCCC3)s2)c(OC)c1. The van der Waals surface area contributed by atoms with Crippen LogP contribution in [0.3, 0.4) is 0 Å². The van der Waals surface area contributed by atoms with Gasteiger partial charge in [0.05, 0.1) is 19.8 Å². The quantitative estimate of drug-likeness (QED) is 0.889. The molecule has 1 N–H and O–H groups in total. The molecule has 1 aliphatic rings. The third kappa shape index (κ3) is 3.67. The molecule has 0 unspecified atom stereocenters. The van der Waals surface area contributed by atoms with Crippen LogP contribution in [0.5, 0.6) is 11.5 Å². The van der Waals surface area contributed by atoms with Crippen molar-refractivity contribution in [3.05, 3.63) is 28.8 Å². The molecule has 24 heavy (non-hydrogen) atoms. The Hall–Kier alpha value is -2.15. The number of carbonyl (C=O) groups excluding carboxylic acids is 1. The Morgan fingerprint density at radius 2 is 1.96 bits per heavy atom. The second-order valence-electron chi connectivity index (χ2n) is 5.80. The highest BCUT2D eigenvalue weighted by molar-refractivity contribution is 7.15. The van der Waals surface area contributed by atoms with E-state index in [1.807, 2.05) is 0 Å². The van der Waals surface area contributed by atoms with Crippen LogP contribution in [-0.4, -0.2) is 30.3 Å². The Kier molecular flexibility index (Phi) is 5.30. The topological polar surface area (TPSA) is 73.3 Å². The molecule has 0 radical (unpaired) electrons. The van der Waals surface area contributed by atoms with Crippen molar-refractivity contribution in [1.29, 1.82) is 0 Å². The molecule has 0 spiro atoms. The largest absolute Gasteiger partial charge is 0.497 e. The van der Waals surface area contributed by atoms with Gasteiger partial charge in [-0.15, -0.1) is 10.2 Å². The summed E-state index contributed by atoms with van der Waals surface area (Å²) in [6, 6.07) is 5.09. The highest BCUT2D eigenvalue weighted by Crippen LogP contribution is 2.35. The van der Waals surface area contributed by atoms with Gasteiger partial charge in [0, 0.05) is 12.0 Å². The maximum absolute atomic E-state index is 12.5. The van der Waals surface area contributed by atoms with E-state index in [0.29, 0.717) is 28.1 Å². The fourth-order valence-electron chi connectivity index (χ4n) is 2.95. The number of nitrogens with zero attached hydrogens (tertiary/aromatic N) is 2. The molecule has 0 atom stereocenters. The van der Waals surface area contributed by atoms with Gasteiger partial charge < -0.3 is 9.47 Å². The van der Waals surface area contributed by atoms with Gasteiger partial charge in [0.1, 0.15) is 16.5 Å². The van der Waals surface area contributed by atoms with Crippen LogP contribution in [-0.2, 0) is 0 Å². The molecule has 0 bridgehead atoms. The summed E-state index contributed by atoms with van der Waals surface area (Å²) in [6.45, 7) is 0. The van der Waals surface area contributed by atoms with Crippen molar-refractivity contribution in [2.75, 3.05) is 19.5 Å². The Morgan fingerprint density at radius 1 is 1.17 bits per heavy atom. The molecule has 1 fully saturated rings. The number of amides is 1. The summed E-state index contributed by atoms with van der Waals surface area (Å²) in [7, 11) is 3.10. The van der Waals surface area contributed by atoms with Crippen LogP contribution < -0.4 is 14.8 Å². The Bertz CT molecular complexity index is 711. The van der Waals surface area contributed by atoms with Crippen molar-refractivity contribution in [2.24, 2.45) is 0 Å². The normalized spacial score (nSPS) is 15.1. The number of carbonyl (C=O) groups is 1. The van der Waals surface area contributed by atoms with Crippen LogP contribution >= 0.6 is 11.3 Å². The van der Waals surface area contributed by atoms with Gasteiger partial charge >= 0.3 is 0 Å². The highest BCUT2D eigenvalue weighted by atomic mass is 32.1. The van der Waals surface area contributed by atoms with E-state index < -0.39 is 0 Å². The standard InChI is InChI=1S/C17H21N3O3S/c1-22-12-8-9-13(14(10-12)23-2)15(21)18-17-20-19-16(24-17)11-6-4-3-5-7-11/h8-11H,3-7H2,1-2H3,(H,18,20,21). The number of hydrogen-bond donors (Lipinski definition) is 1. The number of rotatable bonds is 5. The zero-order valence-electron chi connectivity index (χ0n) is 13.9. The second-order valence-corrected chi connectivity index (χ2v) is 6.81. The number of aromatic nitrogens is 2. The lowest BCUT2D eigenvalue weighted by Gasteiger charge is -2.18. The van der Waals surface area contributed by atoms with Crippen LogP contribution in [0.4, 0.5) is 5.13 Å². The molecular weight excluding hydrogens is 326 g/mol. The first-order valence-electron chi connectivity index (χ1n) is 8.08. The number of methoxy groups -OCH3 is 2. The van der Waals surface area contributed by atoms with Gasteiger partial charge in [0.2, 0.25) is 5.13 Å². The van der Waals surface area contributed by atoms with Crippen molar-refractivity contribution >= 4 is 22.4 Å². The summed E-state index contributed by atoms with van der Waals surface area (Å²) >= 11 is 1.46. The molecule has 128 valence electrons. The third-order valence-corrected chi connectivity index (χ3v) is 5.27. The molecular formula is C17H21N3O3S. The number of nitrogens with one attached hydrogen (secondary N) is 1. The van der Waals surface area contributed by atoms with Crippen molar-refractivity contribution < 1.29 is 14.3 Å². The molecule has 6 nitrogen and oxygen atoms in total. The molecule has 3 rings (SSSR count). The first-order valence-corrected chi connectivity index (χ1v) is 8.89. The average molecular weight is 347 g/mol. The summed E-state index contributed by atoms with van der Waals surface area (Å²) in [4.78, 5) is 12.5. The Labute approximate surface area is 145 Å². The summed E-state index contributed by atoms with van der Waals surface area (Å²) in [5.41, 5.74) is 0.438. The van der Waals surface area contributed by atoms with Crippen LogP contribution in [0.25, 0.3) is 0 Å². The van der Waals surface area contributed by atoms with Crippen LogP contribution in [0.2, 0.25) is 0 Å². The number of anilines is 1. The maximum Gasteiger partial charge on any atom is 0.261 e. The van der Waals surface area contributed by atoms with Crippen molar-refractivity contribution in [2.45, 2.75) is 38.0 Å². The predicted molar refractivity (Wildman–Crippen MR) is 93.2 cm³/mol. The van der Waals surface area contributed by atoms with E-state index in [0.717, 1.165) is 17.8 Å². The fraction of sp³-hybridized carbons (Fsp3) is 0.471. The minimum atomic E-state index is -0.263.